The number of benzene rings is 4. The van der Waals surface area contributed by atoms with Crippen molar-refractivity contribution in [3.63, 3.8) is 0 Å². The topological polar surface area (TPSA) is 344 Å². The number of nitrogens with one attached hydrogen (secondary N) is 3. The molecule has 2 saturated carbocycles. The molecule has 28 rings (SSSR count). The van der Waals surface area contributed by atoms with Crippen molar-refractivity contribution in [2.45, 2.75) is 84.6 Å². The van der Waals surface area contributed by atoms with Crippen LogP contribution in [0.4, 0.5) is 23.3 Å². The van der Waals surface area contributed by atoms with Crippen molar-refractivity contribution >= 4 is 151 Å². The summed E-state index contributed by atoms with van der Waals surface area (Å²) in [5.41, 5.74) is 22.9. The van der Waals surface area contributed by atoms with E-state index in [2.05, 4.69) is 203 Å². The summed E-state index contributed by atoms with van der Waals surface area (Å²) in [6.07, 6.45) is 26.0. The van der Waals surface area contributed by atoms with E-state index in [0.29, 0.717) is 128 Å². The Morgan fingerprint density at radius 1 is 0.394 bits per heavy atom. The number of nitriles is 1. The van der Waals surface area contributed by atoms with Crippen LogP contribution in [0.3, 0.4) is 0 Å². The summed E-state index contributed by atoms with van der Waals surface area (Å²) >= 11 is 0. The van der Waals surface area contributed by atoms with E-state index in [4.69, 9.17) is 86.7 Å². The van der Waals surface area contributed by atoms with E-state index >= 15 is 0 Å². The van der Waals surface area contributed by atoms with Crippen molar-refractivity contribution < 1.29 is 36.6 Å². The highest BCUT2D eigenvalue weighted by atomic mass is 16.5. The molecular formula is C109H113N25O8. The Kier molecular flexibility index (Phi) is 25.0. The Labute approximate surface area is 818 Å². The zero-order valence-electron chi connectivity index (χ0n) is 79.2. The van der Waals surface area contributed by atoms with E-state index < -0.39 is 0 Å². The first-order chi connectivity index (χ1) is 69.6. The molecule has 33 nitrogen and oxygen atoms in total. The second kappa shape index (κ2) is 39.3. The van der Waals surface area contributed by atoms with Crippen molar-refractivity contribution in [3.05, 3.63) is 198 Å². The number of allylic oxidation sites excluding steroid dienone is 1. The molecule has 15 aromatic heterocycles. The highest BCUT2D eigenvalue weighted by Gasteiger charge is 2.34. The number of furan rings is 4. The van der Waals surface area contributed by atoms with Crippen LogP contribution in [0.25, 0.3) is 173 Å². The number of pyridine rings is 4. The molecule has 33 heteroatoms. The maximum atomic E-state index is 8.88. The summed E-state index contributed by atoms with van der Waals surface area (Å²) < 4.78 is 47.6. The van der Waals surface area contributed by atoms with Crippen LogP contribution >= 0.6 is 0 Å². The van der Waals surface area contributed by atoms with Crippen LogP contribution in [0.15, 0.2) is 182 Å². The fourth-order valence-electron chi connectivity index (χ4n) is 20.8. The van der Waals surface area contributed by atoms with E-state index in [9.17, 15) is 0 Å². The number of aromatic amines is 3. The number of fused-ring (bicyclic) bond motifs is 16. The number of H-pyrrole nitrogens is 3. The fraction of sp³-hybridized carbons (Fsp3) is 0.367. The molecule has 142 heavy (non-hydrogen) atoms. The average molecular weight is 1900 g/mol. The number of morpholine rings is 4. The fourth-order valence-corrected chi connectivity index (χ4v) is 20.8. The monoisotopic (exact) mass is 1900 g/mol. The van der Waals surface area contributed by atoms with Gasteiger partial charge in [0.05, 0.1) is 80.5 Å². The number of nitrogens with zero attached hydrogens (tertiary/aromatic N) is 22. The van der Waals surface area contributed by atoms with Crippen molar-refractivity contribution in [1.29, 1.82) is 5.26 Å². The summed E-state index contributed by atoms with van der Waals surface area (Å²) in [5.74, 6) is 6.91. The maximum Gasteiger partial charge on any atom is 0.229 e. The molecule has 722 valence electrons. The second-order valence-corrected chi connectivity index (χ2v) is 38.4. The van der Waals surface area contributed by atoms with E-state index in [-0.39, 0.29) is 7.43 Å². The minimum Gasteiger partial charge on any atom is -0.432 e. The first-order valence-corrected chi connectivity index (χ1v) is 49.7. The van der Waals surface area contributed by atoms with Crippen molar-refractivity contribution in [3.8, 4) is 51.6 Å². The Morgan fingerprint density at radius 3 is 1.15 bits per heavy atom. The molecule has 6 aliphatic heterocycles. The summed E-state index contributed by atoms with van der Waals surface area (Å²) in [4.78, 5) is 90.1. The van der Waals surface area contributed by atoms with Crippen molar-refractivity contribution in [1.82, 2.24) is 99.3 Å². The van der Waals surface area contributed by atoms with Crippen LogP contribution in [0.1, 0.15) is 79.3 Å². The molecule has 8 fully saturated rings. The van der Waals surface area contributed by atoms with Crippen molar-refractivity contribution in [2.24, 2.45) is 5.92 Å². The third-order valence-corrected chi connectivity index (χ3v) is 28.7. The summed E-state index contributed by atoms with van der Waals surface area (Å²) in [6.45, 7) is 23.2. The molecule has 4 aromatic carbocycles. The lowest BCUT2D eigenvalue weighted by Crippen LogP contribution is -2.46. The van der Waals surface area contributed by atoms with Gasteiger partial charge < -0.3 is 76.1 Å². The third-order valence-electron chi connectivity index (χ3n) is 28.7. The number of anilines is 4. The highest BCUT2D eigenvalue weighted by molar-refractivity contribution is 6.10. The third kappa shape index (κ3) is 18.2. The molecule has 6 saturated heterocycles. The van der Waals surface area contributed by atoms with E-state index in [1.165, 1.54) is 59.9 Å². The molecule has 0 unspecified atom stereocenters. The average Bonchev–Trinajstić information content (AvgIpc) is 1.60. The first kappa shape index (κ1) is 90.3. The van der Waals surface area contributed by atoms with Crippen LogP contribution in [0, 0.1) is 17.2 Å². The summed E-state index contributed by atoms with van der Waals surface area (Å²) in [5, 5.41) is 15.9. The van der Waals surface area contributed by atoms with Crippen molar-refractivity contribution in [2.75, 3.05) is 191 Å². The number of aromatic nitrogens is 15. The van der Waals surface area contributed by atoms with Crippen LogP contribution < -0.4 is 19.6 Å². The molecule has 19 aromatic rings. The zero-order valence-corrected chi connectivity index (χ0v) is 79.2. The smallest absolute Gasteiger partial charge is 0.229 e. The van der Waals surface area contributed by atoms with Crippen LogP contribution in [-0.4, -0.2) is 277 Å². The summed E-state index contributed by atoms with van der Waals surface area (Å²) in [7, 11) is 4.37. The largest absolute Gasteiger partial charge is 0.432 e. The first-order valence-electron chi connectivity index (χ1n) is 49.7. The van der Waals surface area contributed by atoms with Gasteiger partial charge >= 0.3 is 0 Å². The molecule has 0 spiro atoms. The number of hydrogen-bond donors (Lipinski definition) is 3. The molecular weight excluding hydrogens is 1790 g/mol. The van der Waals surface area contributed by atoms with Gasteiger partial charge in [0.25, 0.3) is 0 Å². The number of hydrogen-bond acceptors (Lipinski definition) is 30. The Morgan fingerprint density at radius 2 is 0.761 bits per heavy atom. The zero-order chi connectivity index (χ0) is 94.0. The standard InChI is InChI=1S/C29H30N8O2.C27H28N6O2.C26H26N6O2.C26H25N5O2.CH4/c30-6-2-8-35-9-11-36(12-10-35)19-20-17-23-25-26(39-29(23)32-18-20)28(37-13-15-38-16-14-37)34-27(33-25)22-3-1-4-24-21(22)5-7-31-24;1-32(15-17-5-6-17)16-18-13-21-23-24(35-27(21)29-14-18)26(33-9-11-34-12-10-33)31-25(30-23)20-3-2-4-22-19(20)7-8-28-22;1-31(17-5-6-17)15-16-13-20-22-23(34-26(20)28-14-16)25(32-9-11-33-12-10-32)30-24(29-22)19-3-2-4-21-18(19)7-8-27-21;1-4-18-5-2-7-20(19(18)6-1)24-28-22-21-14-17(16-30-8-3-9-30)15-27-26(21)33-23(22)25(29-24)31-10-12-32-13-11-31;/h1,3-5,7,17-18,31H,2,8-16,19H2;2-4,7-8,13-14,17,28H,5-6,9-12,15-16H2,1H3;2-4,7-8,13-14,17,27H,5-6,9-12,15H2,1H3;1-2,5-7,14-15H,3-4,8-13,16H2;1H4. The van der Waals surface area contributed by atoms with E-state index in [1.807, 2.05) is 61.6 Å². The van der Waals surface area contributed by atoms with E-state index in [1.54, 1.807) is 0 Å². The molecule has 3 aliphatic carbocycles. The lowest BCUT2D eigenvalue weighted by atomic mass is 10.0. The Bertz CT molecular complexity index is 7960. The molecule has 3 N–H and O–H groups in total. The molecule has 0 atom stereocenters. The number of likely N-dealkylation sites (tertiary alicyclic amines) is 1. The minimum absolute atomic E-state index is 0. The van der Waals surface area contributed by atoms with Crippen LogP contribution in [0.2, 0.25) is 0 Å². The number of piperazine rings is 1. The van der Waals surface area contributed by atoms with Gasteiger partial charge in [0.15, 0.2) is 68.9 Å². The van der Waals surface area contributed by atoms with Gasteiger partial charge in [0, 0.05) is 229 Å². The molecule has 21 heterocycles. The lowest BCUT2D eigenvalue weighted by Gasteiger charge is -2.34. The number of rotatable bonds is 21. The van der Waals surface area contributed by atoms with Gasteiger partial charge in [-0.05, 0) is 166 Å². The van der Waals surface area contributed by atoms with Gasteiger partial charge in [-0.2, -0.15) is 5.26 Å². The molecule has 0 amide bonds. The van der Waals surface area contributed by atoms with Gasteiger partial charge in [-0.25, -0.2) is 59.8 Å². The van der Waals surface area contributed by atoms with Gasteiger partial charge in [-0.3, -0.25) is 19.6 Å². The van der Waals surface area contributed by atoms with Gasteiger partial charge in [0.2, 0.25) is 22.9 Å². The van der Waals surface area contributed by atoms with Gasteiger partial charge in [0.1, 0.15) is 22.1 Å². The Hall–Kier alpha value is -14.3. The second-order valence-electron chi connectivity index (χ2n) is 38.4. The number of ether oxygens (including phenoxy) is 4. The predicted octanol–water partition coefficient (Wildman–Crippen LogP) is 17.4. The molecule has 0 bridgehead atoms. The van der Waals surface area contributed by atoms with Crippen LogP contribution in [0.5, 0.6) is 0 Å². The normalized spacial score (nSPS) is 17.2. The predicted molar refractivity (Wildman–Crippen MR) is 553 cm³/mol. The minimum atomic E-state index is 0. The van der Waals surface area contributed by atoms with Gasteiger partial charge in [-0.15, -0.1) is 0 Å². The Balaban J connectivity index is 0.000000102. The van der Waals surface area contributed by atoms with E-state index in [0.717, 1.165) is 276 Å². The van der Waals surface area contributed by atoms with Gasteiger partial charge in [-0.1, -0.05) is 74.2 Å². The lowest BCUT2D eigenvalue weighted by molar-refractivity contribution is 0.122. The maximum absolute atomic E-state index is 8.88. The van der Waals surface area contributed by atoms with Crippen LogP contribution in [-0.2, 0) is 51.5 Å². The summed E-state index contributed by atoms with van der Waals surface area (Å²) in [6, 6.07) is 42.9. The molecule has 9 aliphatic rings. The SMILES string of the molecule is C.C1=Cc2c(cccc2-c2nc(N3CCOCC3)c3oc4ncc(CN5CCC5)cc4c3n2)C1.CN(Cc1cnc2oc3c(N4CCOCC4)nc(-c4cccc5[nH]ccc45)nc3c2c1)C1CC1.CN(Cc1cnc2oc3c(N4CCOCC4)nc(-c4cccc5[nH]ccc45)nc3c2c1)CC1CC1.N#CCCN1CCN(Cc2cnc3oc4c(N5CCOCC5)nc(-c5cccc6[nH]ccc56)nc4c3c2)CC1. The highest BCUT2D eigenvalue weighted by Crippen LogP contribution is 2.44. The quantitative estimate of drug-likeness (QED) is 0.0601. The molecule has 0 radical (unpaired) electrons.